The number of thioether (sulfide) groups is 1. The number of amides is 2. The minimum Gasteiger partial charge on any atom is -0.497 e. The Hall–Kier alpha value is -3.65. The molecule has 172 valence electrons. The standard InChI is InChI=1S/C25H26N2O5S/c1-16(24(28)26-18-7-5-9-20(14-18)30-2)33-21-10-6-8-19(15-21)27-25(29)17-11-12-22(31-3)23(13-17)32-4/h5-16H,1-4H3,(H,26,28)(H,27,29). The first-order valence-corrected chi connectivity index (χ1v) is 11.1. The topological polar surface area (TPSA) is 85.9 Å². The lowest BCUT2D eigenvalue weighted by Crippen LogP contribution is -2.22. The average molecular weight is 467 g/mol. The predicted octanol–water partition coefficient (Wildman–Crippen LogP) is 5.08. The van der Waals surface area contributed by atoms with E-state index in [0.29, 0.717) is 34.2 Å². The number of hydrogen-bond donors (Lipinski definition) is 2. The lowest BCUT2D eigenvalue weighted by molar-refractivity contribution is -0.115. The van der Waals surface area contributed by atoms with Crippen LogP contribution in [0, 0.1) is 0 Å². The van der Waals surface area contributed by atoms with Gasteiger partial charge in [-0.2, -0.15) is 0 Å². The van der Waals surface area contributed by atoms with Gasteiger partial charge in [-0.3, -0.25) is 9.59 Å². The smallest absolute Gasteiger partial charge is 0.255 e. The Morgan fingerprint density at radius 3 is 2.18 bits per heavy atom. The van der Waals surface area contributed by atoms with Crippen LogP contribution in [0.4, 0.5) is 11.4 Å². The van der Waals surface area contributed by atoms with Gasteiger partial charge in [-0.1, -0.05) is 12.1 Å². The highest BCUT2D eigenvalue weighted by Crippen LogP contribution is 2.29. The van der Waals surface area contributed by atoms with E-state index >= 15 is 0 Å². The number of rotatable bonds is 9. The molecule has 0 saturated carbocycles. The first-order valence-electron chi connectivity index (χ1n) is 10.2. The molecule has 3 rings (SSSR count). The number of benzene rings is 3. The van der Waals surface area contributed by atoms with Crippen LogP contribution in [0.3, 0.4) is 0 Å². The van der Waals surface area contributed by atoms with Crippen LogP contribution in [0.15, 0.2) is 71.6 Å². The number of hydrogen-bond acceptors (Lipinski definition) is 6. The monoisotopic (exact) mass is 466 g/mol. The van der Waals surface area contributed by atoms with Gasteiger partial charge >= 0.3 is 0 Å². The fourth-order valence-electron chi connectivity index (χ4n) is 3.03. The van der Waals surface area contributed by atoms with Crippen molar-refractivity contribution in [2.24, 2.45) is 0 Å². The molecule has 33 heavy (non-hydrogen) atoms. The molecular weight excluding hydrogens is 440 g/mol. The molecule has 3 aromatic carbocycles. The molecule has 8 heteroatoms. The second-order valence-corrected chi connectivity index (χ2v) is 8.45. The van der Waals surface area contributed by atoms with Gasteiger partial charge in [0.15, 0.2) is 11.5 Å². The molecule has 0 aromatic heterocycles. The zero-order valence-corrected chi connectivity index (χ0v) is 19.7. The molecule has 1 unspecified atom stereocenters. The van der Waals surface area contributed by atoms with E-state index < -0.39 is 0 Å². The summed E-state index contributed by atoms with van der Waals surface area (Å²) in [6, 6.07) is 19.5. The maximum atomic E-state index is 12.7. The maximum absolute atomic E-state index is 12.7. The Morgan fingerprint density at radius 1 is 0.788 bits per heavy atom. The van der Waals surface area contributed by atoms with Crippen molar-refractivity contribution in [3.8, 4) is 17.2 Å². The lowest BCUT2D eigenvalue weighted by atomic mass is 10.2. The van der Waals surface area contributed by atoms with Crippen molar-refractivity contribution in [3.63, 3.8) is 0 Å². The van der Waals surface area contributed by atoms with Crippen molar-refractivity contribution >= 4 is 35.0 Å². The van der Waals surface area contributed by atoms with Crippen molar-refractivity contribution in [1.29, 1.82) is 0 Å². The minimum atomic E-state index is -0.354. The summed E-state index contributed by atoms with van der Waals surface area (Å²) in [5, 5.41) is 5.42. The molecule has 0 aliphatic heterocycles. The summed E-state index contributed by atoms with van der Waals surface area (Å²) in [4.78, 5) is 26.2. The van der Waals surface area contributed by atoms with Gasteiger partial charge in [0.25, 0.3) is 5.91 Å². The Labute approximate surface area is 197 Å². The molecular formula is C25H26N2O5S. The molecule has 0 spiro atoms. The number of ether oxygens (including phenoxy) is 3. The van der Waals surface area contributed by atoms with Crippen LogP contribution in [-0.4, -0.2) is 38.4 Å². The van der Waals surface area contributed by atoms with E-state index in [1.165, 1.54) is 18.9 Å². The summed E-state index contributed by atoms with van der Waals surface area (Å²) in [6.45, 7) is 1.83. The highest BCUT2D eigenvalue weighted by atomic mass is 32.2. The zero-order valence-electron chi connectivity index (χ0n) is 18.9. The fourth-order valence-corrected chi connectivity index (χ4v) is 3.96. The molecule has 0 heterocycles. The summed E-state index contributed by atoms with van der Waals surface area (Å²) in [6.07, 6.45) is 0. The van der Waals surface area contributed by atoms with Crippen molar-refractivity contribution in [2.45, 2.75) is 17.1 Å². The van der Waals surface area contributed by atoms with E-state index in [1.54, 1.807) is 44.6 Å². The van der Waals surface area contributed by atoms with Gasteiger partial charge in [-0.15, -0.1) is 11.8 Å². The predicted molar refractivity (Wildman–Crippen MR) is 131 cm³/mol. The van der Waals surface area contributed by atoms with Crippen LogP contribution in [0.1, 0.15) is 17.3 Å². The molecule has 2 amide bonds. The van der Waals surface area contributed by atoms with Crippen LogP contribution < -0.4 is 24.8 Å². The lowest BCUT2D eigenvalue weighted by Gasteiger charge is -2.14. The molecule has 0 saturated heterocycles. The molecule has 0 radical (unpaired) electrons. The van der Waals surface area contributed by atoms with Crippen molar-refractivity contribution in [1.82, 2.24) is 0 Å². The summed E-state index contributed by atoms with van der Waals surface area (Å²) in [7, 11) is 4.64. The van der Waals surface area contributed by atoms with E-state index in [0.717, 1.165) is 4.90 Å². The van der Waals surface area contributed by atoms with Gasteiger partial charge in [-0.05, 0) is 55.5 Å². The molecule has 0 aliphatic rings. The minimum absolute atomic E-state index is 0.131. The number of carbonyl (C=O) groups is 2. The van der Waals surface area contributed by atoms with E-state index in [1.807, 2.05) is 43.3 Å². The quantitative estimate of drug-likeness (QED) is 0.428. The van der Waals surface area contributed by atoms with Gasteiger partial charge in [0.1, 0.15) is 5.75 Å². The maximum Gasteiger partial charge on any atom is 0.255 e. The number of nitrogens with one attached hydrogen (secondary N) is 2. The van der Waals surface area contributed by atoms with E-state index in [9.17, 15) is 9.59 Å². The average Bonchev–Trinajstić information content (AvgIpc) is 2.83. The molecule has 1 atom stereocenters. The Kier molecular flexibility index (Phi) is 8.21. The van der Waals surface area contributed by atoms with Gasteiger partial charge < -0.3 is 24.8 Å². The van der Waals surface area contributed by atoms with Crippen molar-refractivity contribution in [2.75, 3.05) is 32.0 Å². The largest absolute Gasteiger partial charge is 0.497 e. The Morgan fingerprint density at radius 2 is 1.48 bits per heavy atom. The van der Waals surface area contributed by atoms with Gasteiger partial charge in [0.2, 0.25) is 5.91 Å². The molecule has 0 aliphatic carbocycles. The van der Waals surface area contributed by atoms with Crippen LogP contribution in [0.25, 0.3) is 0 Å². The van der Waals surface area contributed by atoms with Crippen LogP contribution in [-0.2, 0) is 4.79 Å². The summed E-state index contributed by atoms with van der Waals surface area (Å²) >= 11 is 1.40. The number of carbonyl (C=O) groups excluding carboxylic acids is 2. The third kappa shape index (κ3) is 6.43. The Bertz CT molecular complexity index is 1140. The SMILES string of the molecule is COc1cccc(NC(=O)C(C)Sc2cccc(NC(=O)c3ccc(OC)c(OC)c3)c2)c1. The molecule has 0 fully saturated rings. The number of anilines is 2. The van der Waals surface area contributed by atoms with Gasteiger partial charge in [-0.25, -0.2) is 0 Å². The van der Waals surface area contributed by atoms with Gasteiger partial charge in [0, 0.05) is 27.9 Å². The van der Waals surface area contributed by atoms with E-state index in [4.69, 9.17) is 14.2 Å². The van der Waals surface area contributed by atoms with Crippen molar-refractivity contribution in [3.05, 3.63) is 72.3 Å². The second-order valence-electron chi connectivity index (χ2n) is 7.03. The van der Waals surface area contributed by atoms with E-state index in [-0.39, 0.29) is 17.1 Å². The van der Waals surface area contributed by atoms with Crippen molar-refractivity contribution < 1.29 is 23.8 Å². The molecule has 2 N–H and O–H groups in total. The zero-order chi connectivity index (χ0) is 23.8. The summed E-state index contributed by atoms with van der Waals surface area (Å²) < 4.78 is 15.7. The highest BCUT2D eigenvalue weighted by Gasteiger charge is 2.16. The Balaban J connectivity index is 1.64. The summed E-state index contributed by atoms with van der Waals surface area (Å²) in [5.41, 5.74) is 1.74. The van der Waals surface area contributed by atoms with Gasteiger partial charge in [0.05, 0.1) is 26.6 Å². The third-order valence-electron chi connectivity index (χ3n) is 4.76. The molecule has 7 nitrogen and oxygen atoms in total. The third-order valence-corrected chi connectivity index (χ3v) is 5.85. The van der Waals surface area contributed by atoms with Crippen LogP contribution in [0.5, 0.6) is 17.2 Å². The first kappa shape index (κ1) is 24.0. The molecule has 0 bridgehead atoms. The van der Waals surface area contributed by atoms with Crippen LogP contribution in [0.2, 0.25) is 0 Å². The first-order chi connectivity index (χ1) is 15.9. The highest BCUT2D eigenvalue weighted by molar-refractivity contribution is 8.00. The second kappa shape index (κ2) is 11.3. The van der Waals surface area contributed by atoms with E-state index in [2.05, 4.69) is 10.6 Å². The summed E-state index contributed by atoms with van der Waals surface area (Å²) in [5.74, 6) is 1.29. The fraction of sp³-hybridized carbons (Fsp3) is 0.200. The molecule has 3 aromatic rings. The van der Waals surface area contributed by atoms with Crippen LogP contribution >= 0.6 is 11.8 Å². The number of methoxy groups -OCH3 is 3. The normalized spacial score (nSPS) is 11.3.